The van der Waals surface area contributed by atoms with Crippen molar-refractivity contribution in [1.82, 2.24) is 9.97 Å². The van der Waals surface area contributed by atoms with Crippen molar-refractivity contribution < 1.29 is 9.47 Å². The number of methoxy groups -OCH3 is 1. The summed E-state index contributed by atoms with van der Waals surface area (Å²) in [7, 11) is 1.70. The predicted octanol–water partition coefficient (Wildman–Crippen LogP) is 1.83. The van der Waals surface area contributed by atoms with Crippen LogP contribution >= 0.6 is 0 Å². The molecule has 1 fully saturated rings. The molecule has 1 aromatic rings. The molecule has 0 atom stereocenters. The first-order valence-corrected chi connectivity index (χ1v) is 6.35. The summed E-state index contributed by atoms with van der Waals surface area (Å²) in [6.07, 6.45) is 1.54. The molecule has 1 aliphatic heterocycles. The standard InChI is InChI=1S/C13H21N3O2/c1-9(2)10-8-11(14)16-12(15-10)13(17-3)4-6-18-7-5-13/h8-9H,4-7H2,1-3H3,(H2,14,15,16). The van der Waals surface area contributed by atoms with Crippen LogP contribution in [0.25, 0.3) is 0 Å². The van der Waals surface area contributed by atoms with Gasteiger partial charge in [-0.25, -0.2) is 9.97 Å². The van der Waals surface area contributed by atoms with Gasteiger partial charge in [0, 0.05) is 44.9 Å². The Labute approximate surface area is 108 Å². The molecular weight excluding hydrogens is 230 g/mol. The van der Waals surface area contributed by atoms with Crippen LogP contribution in [0.15, 0.2) is 6.07 Å². The summed E-state index contributed by atoms with van der Waals surface area (Å²) < 4.78 is 11.1. The van der Waals surface area contributed by atoms with Gasteiger partial charge in [0.15, 0.2) is 5.82 Å². The first-order valence-electron chi connectivity index (χ1n) is 6.35. The molecule has 18 heavy (non-hydrogen) atoms. The minimum Gasteiger partial charge on any atom is -0.384 e. The molecule has 1 aliphatic rings. The van der Waals surface area contributed by atoms with E-state index in [4.69, 9.17) is 15.2 Å². The van der Waals surface area contributed by atoms with E-state index in [-0.39, 0.29) is 0 Å². The van der Waals surface area contributed by atoms with Crippen molar-refractivity contribution in [3.63, 3.8) is 0 Å². The van der Waals surface area contributed by atoms with Gasteiger partial charge in [0.25, 0.3) is 0 Å². The Kier molecular flexibility index (Phi) is 3.82. The zero-order chi connectivity index (χ0) is 13.2. The van der Waals surface area contributed by atoms with Crippen molar-refractivity contribution >= 4 is 5.82 Å². The molecule has 0 spiro atoms. The van der Waals surface area contributed by atoms with Crippen molar-refractivity contribution in [3.8, 4) is 0 Å². The normalized spacial score (nSPS) is 19.1. The number of hydrogen-bond donors (Lipinski definition) is 1. The van der Waals surface area contributed by atoms with Crippen LogP contribution in [0.5, 0.6) is 0 Å². The van der Waals surface area contributed by atoms with Gasteiger partial charge >= 0.3 is 0 Å². The fourth-order valence-electron chi connectivity index (χ4n) is 2.21. The fourth-order valence-corrected chi connectivity index (χ4v) is 2.21. The number of aromatic nitrogens is 2. The minimum absolute atomic E-state index is 0.322. The second-order valence-corrected chi connectivity index (χ2v) is 5.01. The van der Waals surface area contributed by atoms with Crippen molar-refractivity contribution in [2.75, 3.05) is 26.1 Å². The molecule has 100 valence electrons. The monoisotopic (exact) mass is 251 g/mol. The molecule has 0 bridgehead atoms. The Hall–Kier alpha value is -1.20. The number of nitrogens with two attached hydrogens (primary N) is 1. The van der Waals surface area contributed by atoms with Crippen LogP contribution in [0.1, 0.15) is 44.1 Å². The number of ether oxygens (including phenoxy) is 2. The van der Waals surface area contributed by atoms with Crippen LogP contribution in [-0.4, -0.2) is 30.3 Å². The number of rotatable bonds is 3. The summed E-state index contributed by atoms with van der Waals surface area (Å²) in [5.41, 5.74) is 6.39. The molecule has 5 nitrogen and oxygen atoms in total. The molecule has 2 N–H and O–H groups in total. The number of hydrogen-bond acceptors (Lipinski definition) is 5. The molecule has 1 saturated heterocycles. The molecule has 0 saturated carbocycles. The Balaban J connectivity index is 2.41. The van der Waals surface area contributed by atoms with E-state index in [2.05, 4.69) is 23.8 Å². The van der Waals surface area contributed by atoms with E-state index < -0.39 is 5.60 Å². The molecule has 0 unspecified atom stereocenters. The van der Waals surface area contributed by atoms with Crippen LogP contribution in [0.3, 0.4) is 0 Å². The zero-order valence-corrected chi connectivity index (χ0v) is 11.3. The van der Waals surface area contributed by atoms with E-state index >= 15 is 0 Å². The van der Waals surface area contributed by atoms with Crippen LogP contribution < -0.4 is 5.73 Å². The summed E-state index contributed by atoms with van der Waals surface area (Å²) >= 11 is 0. The van der Waals surface area contributed by atoms with Crippen molar-refractivity contribution in [3.05, 3.63) is 17.6 Å². The largest absolute Gasteiger partial charge is 0.384 e. The summed E-state index contributed by atoms with van der Waals surface area (Å²) in [4.78, 5) is 9.00. The van der Waals surface area contributed by atoms with Crippen molar-refractivity contribution in [1.29, 1.82) is 0 Å². The SMILES string of the molecule is COC1(c2nc(N)cc(C(C)C)n2)CCOCC1. The summed E-state index contributed by atoms with van der Waals surface area (Å²) in [5, 5.41) is 0. The highest BCUT2D eigenvalue weighted by atomic mass is 16.5. The highest BCUT2D eigenvalue weighted by Crippen LogP contribution is 2.34. The smallest absolute Gasteiger partial charge is 0.163 e. The third-order valence-electron chi connectivity index (χ3n) is 3.46. The quantitative estimate of drug-likeness (QED) is 0.887. The van der Waals surface area contributed by atoms with E-state index in [0.29, 0.717) is 30.8 Å². The molecule has 5 heteroatoms. The Morgan fingerprint density at radius 1 is 1.33 bits per heavy atom. The van der Waals surface area contributed by atoms with Gasteiger partial charge in [0.2, 0.25) is 0 Å². The zero-order valence-electron chi connectivity index (χ0n) is 11.3. The lowest BCUT2D eigenvalue weighted by molar-refractivity contribution is -0.1000. The molecule has 0 amide bonds. The van der Waals surface area contributed by atoms with Crippen LogP contribution in [0.2, 0.25) is 0 Å². The maximum absolute atomic E-state index is 5.88. The second kappa shape index (κ2) is 5.20. The molecule has 0 radical (unpaired) electrons. The lowest BCUT2D eigenvalue weighted by atomic mass is 9.92. The average molecular weight is 251 g/mol. The van der Waals surface area contributed by atoms with Gasteiger partial charge in [-0.05, 0) is 5.92 Å². The van der Waals surface area contributed by atoms with Gasteiger partial charge in [-0.3, -0.25) is 0 Å². The third kappa shape index (κ3) is 2.47. The average Bonchev–Trinajstić information content (AvgIpc) is 2.38. The number of nitrogen functional groups attached to an aromatic ring is 1. The van der Waals surface area contributed by atoms with Gasteiger partial charge in [0.05, 0.1) is 0 Å². The highest BCUT2D eigenvalue weighted by molar-refractivity contribution is 5.32. The number of nitrogens with zero attached hydrogens (tertiary/aromatic N) is 2. The Bertz CT molecular complexity index is 415. The van der Waals surface area contributed by atoms with E-state index in [1.54, 1.807) is 7.11 Å². The first-order chi connectivity index (χ1) is 8.57. The van der Waals surface area contributed by atoms with Crippen molar-refractivity contribution in [2.45, 2.75) is 38.2 Å². The minimum atomic E-state index is -0.447. The number of anilines is 1. The van der Waals surface area contributed by atoms with E-state index in [0.717, 1.165) is 18.5 Å². The molecule has 0 aliphatic carbocycles. The fraction of sp³-hybridized carbons (Fsp3) is 0.692. The van der Waals surface area contributed by atoms with Crippen LogP contribution in [0.4, 0.5) is 5.82 Å². The summed E-state index contributed by atoms with van der Waals surface area (Å²) in [6.45, 7) is 5.52. The predicted molar refractivity (Wildman–Crippen MR) is 69.3 cm³/mol. The molecule has 2 heterocycles. The van der Waals surface area contributed by atoms with E-state index in [1.807, 2.05) is 6.07 Å². The summed E-state index contributed by atoms with van der Waals surface area (Å²) in [6, 6.07) is 1.83. The van der Waals surface area contributed by atoms with Crippen LogP contribution in [0, 0.1) is 0 Å². The van der Waals surface area contributed by atoms with Gasteiger partial charge < -0.3 is 15.2 Å². The highest BCUT2D eigenvalue weighted by Gasteiger charge is 2.37. The molecule has 2 rings (SSSR count). The maximum Gasteiger partial charge on any atom is 0.163 e. The first kappa shape index (κ1) is 13.2. The Morgan fingerprint density at radius 2 is 2.00 bits per heavy atom. The van der Waals surface area contributed by atoms with Gasteiger partial charge in [-0.2, -0.15) is 0 Å². The van der Waals surface area contributed by atoms with Gasteiger partial charge in [0.1, 0.15) is 11.4 Å². The summed E-state index contributed by atoms with van der Waals surface area (Å²) in [5.74, 6) is 1.52. The van der Waals surface area contributed by atoms with Crippen LogP contribution in [-0.2, 0) is 15.1 Å². The topological polar surface area (TPSA) is 70.3 Å². The molecule has 0 aromatic carbocycles. The third-order valence-corrected chi connectivity index (χ3v) is 3.46. The van der Waals surface area contributed by atoms with Crippen molar-refractivity contribution in [2.24, 2.45) is 0 Å². The molecular formula is C13H21N3O2. The lowest BCUT2D eigenvalue weighted by Crippen LogP contribution is -2.37. The van der Waals surface area contributed by atoms with Gasteiger partial charge in [-0.15, -0.1) is 0 Å². The molecule has 1 aromatic heterocycles. The Morgan fingerprint density at radius 3 is 2.56 bits per heavy atom. The lowest BCUT2D eigenvalue weighted by Gasteiger charge is -2.34. The van der Waals surface area contributed by atoms with E-state index in [1.165, 1.54) is 0 Å². The van der Waals surface area contributed by atoms with Gasteiger partial charge in [-0.1, -0.05) is 13.8 Å². The maximum atomic E-state index is 5.88. The van der Waals surface area contributed by atoms with E-state index in [9.17, 15) is 0 Å². The second-order valence-electron chi connectivity index (χ2n) is 5.01.